The SMILES string of the molecule is CCCCCCc1c(N(CC)CC)ccc(C(=O)OC(=O)c2ccccc2)c1O. The topological polar surface area (TPSA) is 66.8 Å². The van der Waals surface area contributed by atoms with Gasteiger partial charge in [0.2, 0.25) is 0 Å². The van der Waals surface area contributed by atoms with Crippen molar-refractivity contribution >= 4 is 17.6 Å². The fourth-order valence-corrected chi connectivity index (χ4v) is 3.40. The molecule has 0 fully saturated rings. The van der Waals surface area contributed by atoms with E-state index in [-0.39, 0.29) is 11.3 Å². The van der Waals surface area contributed by atoms with Crippen LogP contribution in [-0.4, -0.2) is 30.1 Å². The van der Waals surface area contributed by atoms with Gasteiger partial charge in [-0.25, -0.2) is 9.59 Å². The Kier molecular flexibility index (Phi) is 8.71. The number of ether oxygens (including phenoxy) is 1. The molecule has 2 aromatic rings. The van der Waals surface area contributed by atoms with Crippen LogP contribution >= 0.6 is 0 Å². The van der Waals surface area contributed by atoms with Crippen molar-refractivity contribution in [1.82, 2.24) is 0 Å². The maximum absolute atomic E-state index is 12.6. The number of hydrogen-bond donors (Lipinski definition) is 1. The number of rotatable bonds is 10. The van der Waals surface area contributed by atoms with Gasteiger partial charge in [-0.3, -0.25) is 0 Å². The van der Waals surface area contributed by atoms with E-state index in [1.54, 1.807) is 36.4 Å². The molecule has 0 bridgehead atoms. The van der Waals surface area contributed by atoms with Gasteiger partial charge in [0, 0.05) is 24.3 Å². The number of carbonyl (C=O) groups is 2. The first-order valence-corrected chi connectivity index (χ1v) is 10.4. The summed E-state index contributed by atoms with van der Waals surface area (Å²) in [7, 11) is 0. The van der Waals surface area contributed by atoms with E-state index in [2.05, 4.69) is 25.7 Å². The summed E-state index contributed by atoms with van der Waals surface area (Å²) < 4.78 is 5.00. The van der Waals surface area contributed by atoms with Gasteiger partial charge in [0.05, 0.1) is 5.56 Å². The lowest BCUT2D eigenvalue weighted by Gasteiger charge is -2.25. The second kappa shape index (κ2) is 11.2. The molecule has 0 amide bonds. The number of unbranched alkanes of at least 4 members (excludes halogenated alkanes) is 3. The third kappa shape index (κ3) is 5.83. The molecule has 2 rings (SSSR count). The van der Waals surface area contributed by atoms with Crippen molar-refractivity contribution in [2.24, 2.45) is 0 Å². The van der Waals surface area contributed by atoms with Gasteiger partial charge in [0.25, 0.3) is 0 Å². The molecule has 5 nitrogen and oxygen atoms in total. The van der Waals surface area contributed by atoms with Crippen LogP contribution in [0.15, 0.2) is 42.5 Å². The van der Waals surface area contributed by atoms with Gasteiger partial charge in [-0.05, 0) is 51.0 Å². The van der Waals surface area contributed by atoms with E-state index < -0.39 is 11.9 Å². The van der Waals surface area contributed by atoms with Gasteiger partial charge in [-0.1, -0.05) is 44.4 Å². The minimum Gasteiger partial charge on any atom is -0.507 e. The number of carbonyl (C=O) groups excluding carboxylic acids is 2. The summed E-state index contributed by atoms with van der Waals surface area (Å²) >= 11 is 0. The van der Waals surface area contributed by atoms with Gasteiger partial charge >= 0.3 is 11.9 Å². The Hall–Kier alpha value is -2.82. The molecule has 5 heteroatoms. The number of phenolic OH excluding ortho intramolecular Hbond substituents is 1. The molecule has 1 N–H and O–H groups in total. The van der Waals surface area contributed by atoms with Crippen LogP contribution < -0.4 is 4.90 Å². The van der Waals surface area contributed by atoms with Crippen molar-refractivity contribution in [3.8, 4) is 5.75 Å². The van der Waals surface area contributed by atoms with Crippen LogP contribution in [-0.2, 0) is 11.2 Å². The number of esters is 2. The molecule has 0 saturated carbocycles. The second-order valence-corrected chi connectivity index (χ2v) is 6.99. The predicted octanol–water partition coefficient (Wildman–Crippen LogP) is 5.36. The van der Waals surface area contributed by atoms with E-state index in [0.717, 1.165) is 50.0 Å². The second-order valence-electron chi connectivity index (χ2n) is 6.99. The average molecular weight is 398 g/mol. The first kappa shape index (κ1) is 22.5. The highest BCUT2D eigenvalue weighted by Gasteiger charge is 2.23. The zero-order chi connectivity index (χ0) is 21.2. The normalized spacial score (nSPS) is 10.6. The first-order chi connectivity index (χ1) is 14.0. The summed E-state index contributed by atoms with van der Waals surface area (Å²) in [4.78, 5) is 26.9. The van der Waals surface area contributed by atoms with Gasteiger partial charge in [0.15, 0.2) is 0 Å². The highest BCUT2D eigenvalue weighted by molar-refractivity contribution is 6.04. The number of hydrogen-bond acceptors (Lipinski definition) is 5. The van der Waals surface area contributed by atoms with E-state index in [4.69, 9.17) is 4.74 Å². The molecule has 0 atom stereocenters. The Morgan fingerprint density at radius 3 is 2.21 bits per heavy atom. The number of nitrogens with zero attached hydrogens (tertiary/aromatic N) is 1. The van der Waals surface area contributed by atoms with E-state index in [1.165, 1.54) is 0 Å². The molecule has 0 aliphatic carbocycles. The smallest absolute Gasteiger partial charge is 0.349 e. The zero-order valence-corrected chi connectivity index (χ0v) is 17.6. The van der Waals surface area contributed by atoms with Crippen LogP contribution in [0, 0.1) is 0 Å². The van der Waals surface area contributed by atoms with Crippen LogP contribution in [0.2, 0.25) is 0 Å². The van der Waals surface area contributed by atoms with Crippen molar-refractivity contribution in [3.05, 3.63) is 59.2 Å². The number of phenols is 1. The maximum atomic E-state index is 12.6. The van der Waals surface area contributed by atoms with Gasteiger partial charge in [-0.2, -0.15) is 0 Å². The van der Waals surface area contributed by atoms with Gasteiger partial charge in [0.1, 0.15) is 11.3 Å². The quantitative estimate of drug-likeness (QED) is 0.332. The molecule has 0 aliphatic heterocycles. The Labute approximate surface area is 173 Å². The summed E-state index contributed by atoms with van der Waals surface area (Å²) in [5.74, 6) is -1.65. The van der Waals surface area contributed by atoms with Crippen LogP contribution in [0.3, 0.4) is 0 Å². The monoisotopic (exact) mass is 397 g/mol. The van der Waals surface area contributed by atoms with Crippen LogP contribution in [0.1, 0.15) is 72.7 Å². The predicted molar refractivity (Wildman–Crippen MR) is 116 cm³/mol. The van der Waals surface area contributed by atoms with E-state index >= 15 is 0 Å². The molecule has 0 radical (unpaired) electrons. The van der Waals surface area contributed by atoms with Crippen molar-refractivity contribution < 1.29 is 19.4 Å². The Bertz CT molecular complexity index is 813. The molecule has 0 aromatic heterocycles. The van der Waals surface area contributed by atoms with E-state index in [0.29, 0.717) is 12.0 Å². The molecular weight excluding hydrogens is 366 g/mol. The van der Waals surface area contributed by atoms with Crippen molar-refractivity contribution in [3.63, 3.8) is 0 Å². The highest BCUT2D eigenvalue weighted by atomic mass is 16.6. The fraction of sp³-hybridized carbons (Fsp3) is 0.417. The van der Waals surface area contributed by atoms with E-state index in [1.807, 2.05) is 6.07 Å². The first-order valence-electron chi connectivity index (χ1n) is 10.4. The largest absolute Gasteiger partial charge is 0.507 e. The average Bonchev–Trinajstić information content (AvgIpc) is 2.74. The van der Waals surface area contributed by atoms with Gasteiger partial charge < -0.3 is 14.7 Å². The van der Waals surface area contributed by atoms with Crippen molar-refractivity contribution in [2.45, 2.75) is 52.9 Å². The molecule has 0 aliphatic rings. The third-order valence-corrected chi connectivity index (χ3v) is 5.06. The lowest BCUT2D eigenvalue weighted by atomic mass is 9.99. The molecule has 0 saturated heterocycles. The minimum atomic E-state index is -0.836. The fourth-order valence-electron chi connectivity index (χ4n) is 3.40. The third-order valence-electron chi connectivity index (χ3n) is 5.06. The van der Waals surface area contributed by atoms with E-state index in [9.17, 15) is 14.7 Å². The molecule has 0 spiro atoms. The molecule has 0 heterocycles. The standard InChI is InChI=1S/C24H31NO4/c1-4-7-8-12-15-19-21(25(5-2)6-3)17-16-20(22(19)26)24(28)29-23(27)18-13-10-9-11-14-18/h9-11,13-14,16-17,26H,4-8,12,15H2,1-3H3. The molecular formula is C24H31NO4. The Morgan fingerprint density at radius 2 is 1.59 bits per heavy atom. The lowest BCUT2D eigenvalue weighted by Crippen LogP contribution is -2.23. The molecule has 0 unspecified atom stereocenters. The van der Waals surface area contributed by atoms with Gasteiger partial charge in [-0.15, -0.1) is 0 Å². The molecule has 2 aromatic carbocycles. The summed E-state index contributed by atoms with van der Waals surface area (Å²) in [6.45, 7) is 7.87. The Morgan fingerprint density at radius 1 is 0.897 bits per heavy atom. The number of anilines is 1. The van der Waals surface area contributed by atoms with Crippen LogP contribution in [0.25, 0.3) is 0 Å². The lowest BCUT2D eigenvalue weighted by molar-refractivity contribution is 0.0396. The Balaban J connectivity index is 2.29. The van der Waals surface area contributed by atoms with Crippen LogP contribution in [0.4, 0.5) is 5.69 Å². The molecule has 156 valence electrons. The van der Waals surface area contributed by atoms with Crippen molar-refractivity contribution in [1.29, 1.82) is 0 Å². The molecule has 29 heavy (non-hydrogen) atoms. The summed E-state index contributed by atoms with van der Waals surface area (Å²) in [6, 6.07) is 11.7. The van der Waals surface area contributed by atoms with Crippen LogP contribution in [0.5, 0.6) is 5.75 Å². The summed E-state index contributed by atoms with van der Waals surface area (Å²) in [5.41, 5.74) is 1.98. The number of aromatic hydroxyl groups is 1. The maximum Gasteiger partial charge on any atom is 0.349 e. The number of benzene rings is 2. The van der Waals surface area contributed by atoms with Crippen molar-refractivity contribution in [2.75, 3.05) is 18.0 Å². The highest BCUT2D eigenvalue weighted by Crippen LogP contribution is 2.34. The summed E-state index contributed by atoms with van der Waals surface area (Å²) in [6.07, 6.45) is 4.93. The zero-order valence-electron chi connectivity index (χ0n) is 17.6. The summed E-state index contributed by atoms with van der Waals surface area (Å²) in [5, 5.41) is 10.9. The minimum absolute atomic E-state index is 0.0238.